The van der Waals surface area contributed by atoms with Crippen LogP contribution in [-0.4, -0.2) is 10.9 Å². The first-order valence-corrected chi connectivity index (χ1v) is 9.99. The van der Waals surface area contributed by atoms with Crippen molar-refractivity contribution >= 4 is 22.9 Å². The second-order valence-electron chi connectivity index (χ2n) is 6.46. The number of hydrogen-bond donors (Lipinski definition) is 1. The molecule has 0 saturated heterocycles. The zero-order chi connectivity index (χ0) is 19.5. The molecule has 5 heteroatoms. The maximum Gasteiger partial charge on any atom is 0.268 e. The van der Waals surface area contributed by atoms with Crippen LogP contribution in [0.3, 0.4) is 0 Å². The topological polar surface area (TPSA) is 55.1 Å². The first-order chi connectivity index (χ1) is 13.7. The molecule has 0 bridgehead atoms. The van der Waals surface area contributed by atoms with Crippen LogP contribution in [0.2, 0.25) is 0 Å². The number of hydrogen-bond acceptors (Lipinski definition) is 4. The zero-order valence-electron chi connectivity index (χ0n) is 15.7. The average molecular weight is 388 g/mol. The molecule has 1 N–H and O–H groups in total. The molecule has 0 saturated carbocycles. The molecule has 2 aromatic carbocycles. The second-order valence-corrected chi connectivity index (χ2v) is 7.46. The Kier molecular flexibility index (Phi) is 5.08. The Hall–Kier alpha value is -3.18. The number of anilines is 1. The summed E-state index contributed by atoms with van der Waals surface area (Å²) in [5.41, 5.74) is 4.61. The van der Waals surface area contributed by atoms with E-state index in [2.05, 4.69) is 12.2 Å². The molecule has 28 heavy (non-hydrogen) atoms. The van der Waals surface area contributed by atoms with Crippen molar-refractivity contribution < 1.29 is 9.21 Å². The lowest BCUT2D eigenvalue weighted by Crippen LogP contribution is -2.14. The molecule has 0 spiro atoms. The van der Waals surface area contributed by atoms with Crippen LogP contribution in [0.4, 0.5) is 5.69 Å². The molecule has 4 rings (SSSR count). The number of nitrogens with one attached hydrogen (secondary N) is 1. The van der Waals surface area contributed by atoms with Gasteiger partial charge in [-0.15, -0.1) is 11.3 Å². The largest absolute Gasteiger partial charge is 0.462 e. The van der Waals surface area contributed by atoms with E-state index in [4.69, 9.17) is 9.40 Å². The molecular weight excluding hydrogens is 368 g/mol. The standard InChI is InChI=1S/C23H20N2O2S/c1-3-16-12-7-9-15(2)19(16)24-22(26)21-20(17-10-5-4-6-11-17)25-23(28-21)18-13-8-14-27-18/h4-14H,3H2,1-2H3,(H,24,26). The highest BCUT2D eigenvalue weighted by Gasteiger charge is 2.22. The second kappa shape index (κ2) is 7.82. The fourth-order valence-corrected chi connectivity index (χ4v) is 4.09. The van der Waals surface area contributed by atoms with Gasteiger partial charge in [0.25, 0.3) is 5.91 Å². The Bertz CT molecular complexity index is 1100. The molecule has 0 fully saturated rings. The minimum absolute atomic E-state index is 0.154. The highest BCUT2D eigenvalue weighted by molar-refractivity contribution is 7.17. The van der Waals surface area contributed by atoms with Crippen molar-refractivity contribution in [3.63, 3.8) is 0 Å². The lowest BCUT2D eigenvalue weighted by molar-refractivity contribution is 0.103. The van der Waals surface area contributed by atoms with Crippen molar-refractivity contribution in [2.75, 3.05) is 5.32 Å². The van der Waals surface area contributed by atoms with Crippen molar-refractivity contribution in [2.24, 2.45) is 0 Å². The van der Waals surface area contributed by atoms with Gasteiger partial charge in [-0.2, -0.15) is 0 Å². The number of para-hydroxylation sites is 1. The fourth-order valence-electron chi connectivity index (χ4n) is 3.14. The van der Waals surface area contributed by atoms with Gasteiger partial charge >= 0.3 is 0 Å². The molecule has 0 radical (unpaired) electrons. The summed E-state index contributed by atoms with van der Waals surface area (Å²) >= 11 is 1.34. The Morgan fingerprint density at radius 2 is 1.89 bits per heavy atom. The van der Waals surface area contributed by atoms with E-state index < -0.39 is 0 Å². The molecule has 1 amide bonds. The monoisotopic (exact) mass is 388 g/mol. The summed E-state index contributed by atoms with van der Waals surface area (Å²) in [5.74, 6) is 0.504. The fraction of sp³-hybridized carbons (Fsp3) is 0.130. The van der Waals surface area contributed by atoms with Crippen LogP contribution >= 0.6 is 11.3 Å². The number of thiazole rings is 1. The van der Waals surface area contributed by atoms with Crippen LogP contribution in [0.5, 0.6) is 0 Å². The molecule has 4 nitrogen and oxygen atoms in total. The van der Waals surface area contributed by atoms with Gasteiger partial charge in [-0.1, -0.05) is 55.5 Å². The maximum atomic E-state index is 13.2. The highest BCUT2D eigenvalue weighted by atomic mass is 32.1. The van der Waals surface area contributed by atoms with Gasteiger partial charge in [-0.3, -0.25) is 4.79 Å². The molecule has 0 aliphatic heterocycles. The van der Waals surface area contributed by atoms with E-state index in [1.807, 2.05) is 67.6 Å². The molecular formula is C23H20N2O2S. The van der Waals surface area contributed by atoms with Crippen molar-refractivity contribution in [3.8, 4) is 22.0 Å². The van der Waals surface area contributed by atoms with Crippen molar-refractivity contribution in [1.29, 1.82) is 0 Å². The Morgan fingerprint density at radius 3 is 2.61 bits per heavy atom. The molecule has 0 unspecified atom stereocenters. The molecule has 0 atom stereocenters. The summed E-state index contributed by atoms with van der Waals surface area (Å²) in [7, 11) is 0. The number of nitrogens with zero attached hydrogens (tertiary/aromatic N) is 1. The number of furan rings is 1. The van der Waals surface area contributed by atoms with Gasteiger partial charge < -0.3 is 9.73 Å². The highest BCUT2D eigenvalue weighted by Crippen LogP contribution is 2.35. The van der Waals surface area contributed by atoms with Crippen LogP contribution in [-0.2, 0) is 6.42 Å². The van der Waals surface area contributed by atoms with Crippen LogP contribution in [0.1, 0.15) is 27.7 Å². The number of benzene rings is 2. The maximum absolute atomic E-state index is 13.2. The summed E-state index contributed by atoms with van der Waals surface area (Å²) in [6, 6.07) is 19.5. The third kappa shape index (κ3) is 3.49. The van der Waals surface area contributed by atoms with E-state index in [9.17, 15) is 4.79 Å². The Balaban J connectivity index is 1.77. The molecule has 140 valence electrons. The predicted molar refractivity (Wildman–Crippen MR) is 114 cm³/mol. The Morgan fingerprint density at radius 1 is 1.07 bits per heavy atom. The van der Waals surface area contributed by atoms with Crippen molar-refractivity contribution in [1.82, 2.24) is 4.98 Å². The Labute approximate surface area is 167 Å². The van der Waals surface area contributed by atoms with Crippen LogP contribution < -0.4 is 5.32 Å². The smallest absolute Gasteiger partial charge is 0.268 e. The van der Waals surface area contributed by atoms with E-state index in [0.717, 1.165) is 28.8 Å². The molecule has 2 heterocycles. The van der Waals surface area contributed by atoms with Crippen molar-refractivity contribution in [2.45, 2.75) is 20.3 Å². The number of amides is 1. The van der Waals surface area contributed by atoms with Gasteiger partial charge in [0.15, 0.2) is 10.8 Å². The van der Waals surface area contributed by atoms with E-state index in [-0.39, 0.29) is 5.91 Å². The van der Waals surface area contributed by atoms with Gasteiger partial charge in [0.05, 0.1) is 12.0 Å². The number of carbonyl (C=O) groups excluding carboxylic acids is 1. The lowest BCUT2D eigenvalue weighted by atomic mass is 10.1. The molecule has 4 aromatic rings. The van der Waals surface area contributed by atoms with E-state index >= 15 is 0 Å². The summed E-state index contributed by atoms with van der Waals surface area (Å²) < 4.78 is 5.49. The van der Waals surface area contributed by atoms with Gasteiger partial charge in [0.2, 0.25) is 0 Å². The number of aromatic nitrogens is 1. The third-order valence-corrected chi connectivity index (χ3v) is 5.66. The SMILES string of the molecule is CCc1cccc(C)c1NC(=O)c1sc(-c2ccco2)nc1-c1ccccc1. The number of aryl methyl sites for hydroxylation is 2. The van der Waals surface area contributed by atoms with E-state index in [1.165, 1.54) is 11.3 Å². The van der Waals surface area contributed by atoms with Crippen molar-refractivity contribution in [3.05, 3.63) is 82.9 Å². The summed E-state index contributed by atoms with van der Waals surface area (Å²) in [6.45, 7) is 4.09. The average Bonchev–Trinajstić information content (AvgIpc) is 3.40. The van der Waals surface area contributed by atoms with E-state index in [1.54, 1.807) is 6.26 Å². The third-order valence-electron chi connectivity index (χ3n) is 4.59. The van der Waals surface area contributed by atoms with Crippen LogP contribution in [0.15, 0.2) is 71.3 Å². The van der Waals surface area contributed by atoms with E-state index in [0.29, 0.717) is 21.3 Å². The molecule has 0 aliphatic carbocycles. The lowest BCUT2D eigenvalue weighted by Gasteiger charge is -2.12. The molecule has 0 aliphatic rings. The number of carbonyl (C=O) groups is 1. The zero-order valence-corrected chi connectivity index (χ0v) is 16.5. The first-order valence-electron chi connectivity index (χ1n) is 9.17. The van der Waals surface area contributed by atoms with Gasteiger partial charge in [0, 0.05) is 11.3 Å². The minimum atomic E-state index is -0.154. The quantitative estimate of drug-likeness (QED) is 0.443. The normalized spacial score (nSPS) is 10.8. The van der Waals surface area contributed by atoms with Gasteiger partial charge in [-0.05, 0) is 36.6 Å². The summed E-state index contributed by atoms with van der Waals surface area (Å²) in [6.07, 6.45) is 2.46. The minimum Gasteiger partial charge on any atom is -0.462 e. The molecule has 2 aromatic heterocycles. The van der Waals surface area contributed by atoms with Crippen LogP contribution in [0.25, 0.3) is 22.0 Å². The predicted octanol–water partition coefficient (Wildman–Crippen LogP) is 6.19. The summed E-state index contributed by atoms with van der Waals surface area (Å²) in [5, 5.41) is 3.81. The van der Waals surface area contributed by atoms with Gasteiger partial charge in [-0.25, -0.2) is 4.98 Å². The van der Waals surface area contributed by atoms with Gasteiger partial charge in [0.1, 0.15) is 4.88 Å². The first kappa shape index (κ1) is 18.2. The van der Waals surface area contributed by atoms with Crippen LogP contribution in [0, 0.1) is 6.92 Å². The number of rotatable bonds is 5. The summed E-state index contributed by atoms with van der Waals surface area (Å²) in [4.78, 5) is 18.5.